The fourth-order valence-corrected chi connectivity index (χ4v) is 3.33. The van der Waals surface area contributed by atoms with E-state index in [2.05, 4.69) is 27.4 Å². The summed E-state index contributed by atoms with van der Waals surface area (Å²) in [4.78, 5) is 17.7. The van der Waals surface area contributed by atoms with E-state index in [0.29, 0.717) is 29.2 Å². The number of nitrogens with one attached hydrogen (secondary N) is 1. The van der Waals surface area contributed by atoms with E-state index in [0.717, 1.165) is 17.6 Å². The molecule has 0 radical (unpaired) electrons. The molecule has 28 heavy (non-hydrogen) atoms. The van der Waals surface area contributed by atoms with E-state index >= 15 is 0 Å². The minimum absolute atomic E-state index is 0.149. The van der Waals surface area contributed by atoms with Gasteiger partial charge < -0.3 is 9.73 Å². The third-order valence-electron chi connectivity index (χ3n) is 4.66. The Balaban J connectivity index is 1.62. The Hall–Kier alpha value is -3.42. The molecule has 1 atom stereocenters. The van der Waals surface area contributed by atoms with Gasteiger partial charge in [-0.1, -0.05) is 6.92 Å². The van der Waals surface area contributed by atoms with Gasteiger partial charge in [-0.2, -0.15) is 10.2 Å². The molecule has 4 aromatic heterocycles. The molecule has 4 aromatic rings. The monoisotopic (exact) mass is 378 g/mol. The first-order valence-electron chi connectivity index (χ1n) is 9.16. The lowest BCUT2D eigenvalue weighted by atomic mass is 10.1. The highest BCUT2D eigenvalue weighted by molar-refractivity contribution is 6.07. The molecule has 4 heterocycles. The molecule has 0 aliphatic carbocycles. The van der Waals surface area contributed by atoms with Crippen molar-refractivity contribution in [2.45, 2.75) is 20.4 Å². The highest BCUT2D eigenvalue weighted by atomic mass is 16.3. The van der Waals surface area contributed by atoms with Crippen LogP contribution in [0, 0.1) is 12.8 Å². The van der Waals surface area contributed by atoms with Crippen molar-refractivity contribution < 1.29 is 9.21 Å². The Morgan fingerprint density at radius 2 is 2.21 bits per heavy atom. The summed E-state index contributed by atoms with van der Waals surface area (Å²) >= 11 is 0. The Kier molecular flexibility index (Phi) is 4.68. The number of pyridine rings is 1. The molecule has 4 rings (SSSR count). The molecule has 0 aliphatic heterocycles. The van der Waals surface area contributed by atoms with E-state index in [1.165, 1.54) is 0 Å². The van der Waals surface area contributed by atoms with Gasteiger partial charge in [0.2, 0.25) is 0 Å². The van der Waals surface area contributed by atoms with Crippen LogP contribution in [-0.4, -0.2) is 37.0 Å². The number of fused-ring (bicyclic) bond motifs is 1. The highest BCUT2D eigenvalue weighted by Gasteiger charge is 2.20. The van der Waals surface area contributed by atoms with Crippen molar-refractivity contribution >= 4 is 16.9 Å². The number of nitrogens with zero attached hydrogens (tertiary/aromatic N) is 5. The van der Waals surface area contributed by atoms with E-state index in [-0.39, 0.29) is 11.8 Å². The molecule has 0 saturated carbocycles. The first-order valence-corrected chi connectivity index (χ1v) is 9.16. The van der Waals surface area contributed by atoms with Crippen molar-refractivity contribution in [3.63, 3.8) is 0 Å². The number of aromatic nitrogens is 5. The molecule has 0 aliphatic rings. The van der Waals surface area contributed by atoms with E-state index in [1.807, 2.05) is 37.0 Å². The summed E-state index contributed by atoms with van der Waals surface area (Å²) < 4.78 is 9.02. The van der Waals surface area contributed by atoms with Crippen LogP contribution in [0.3, 0.4) is 0 Å². The van der Waals surface area contributed by atoms with E-state index in [9.17, 15) is 4.79 Å². The second-order valence-corrected chi connectivity index (χ2v) is 6.98. The van der Waals surface area contributed by atoms with Crippen molar-refractivity contribution in [3.8, 4) is 11.5 Å². The number of hydrogen-bond donors (Lipinski definition) is 1. The number of hydrogen-bond acceptors (Lipinski definition) is 5. The summed E-state index contributed by atoms with van der Waals surface area (Å²) in [5.74, 6) is 0.700. The Labute approximate surface area is 162 Å². The van der Waals surface area contributed by atoms with Gasteiger partial charge in [0.25, 0.3) is 5.91 Å². The lowest BCUT2D eigenvalue weighted by molar-refractivity contribution is 0.0948. The topological polar surface area (TPSA) is 90.8 Å². The van der Waals surface area contributed by atoms with Gasteiger partial charge in [0.1, 0.15) is 5.69 Å². The lowest BCUT2D eigenvalue weighted by Crippen LogP contribution is -2.30. The minimum Gasteiger partial charge on any atom is -0.463 e. The summed E-state index contributed by atoms with van der Waals surface area (Å²) in [5.41, 5.74) is 2.58. The van der Waals surface area contributed by atoms with Crippen molar-refractivity contribution in [2.24, 2.45) is 13.0 Å². The number of carbonyl (C=O) groups excluding carboxylic acids is 1. The maximum absolute atomic E-state index is 13.0. The van der Waals surface area contributed by atoms with Crippen LogP contribution in [0.15, 0.2) is 47.3 Å². The molecule has 0 spiro atoms. The standard InChI is InChI=1S/C20H22N6O2/c1-13(12-26-8-5-7-22-26)11-21-20(27)15-10-16(17-6-4-9-28-17)23-19-18(15)14(2)24-25(19)3/h4-10,13H,11-12H2,1-3H3,(H,21,27). The van der Waals surface area contributed by atoms with Crippen LogP contribution < -0.4 is 5.32 Å². The first kappa shape index (κ1) is 18.0. The van der Waals surface area contributed by atoms with Crippen LogP contribution in [-0.2, 0) is 13.6 Å². The second kappa shape index (κ2) is 7.30. The number of carbonyl (C=O) groups is 1. The predicted octanol–water partition coefficient (Wildman–Crippen LogP) is 2.80. The van der Waals surface area contributed by atoms with E-state index in [4.69, 9.17) is 4.42 Å². The van der Waals surface area contributed by atoms with Gasteiger partial charge in [0.05, 0.1) is 22.9 Å². The fourth-order valence-electron chi connectivity index (χ4n) is 3.33. The number of amides is 1. The Bertz CT molecular complexity index is 1100. The van der Waals surface area contributed by atoms with Gasteiger partial charge in [0.15, 0.2) is 11.4 Å². The molecule has 0 aromatic carbocycles. The Morgan fingerprint density at radius 1 is 1.36 bits per heavy atom. The molecule has 1 amide bonds. The van der Waals surface area contributed by atoms with Crippen molar-refractivity contribution in [1.82, 2.24) is 29.9 Å². The molecule has 0 fully saturated rings. The minimum atomic E-state index is -0.149. The smallest absolute Gasteiger partial charge is 0.252 e. The zero-order chi connectivity index (χ0) is 19.7. The summed E-state index contributed by atoms with van der Waals surface area (Å²) in [6.07, 6.45) is 5.26. The zero-order valence-electron chi connectivity index (χ0n) is 16.1. The van der Waals surface area contributed by atoms with Crippen molar-refractivity contribution in [2.75, 3.05) is 6.54 Å². The highest BCUT2D eigenvalue weighted by Crippen LogP contribution is 2.27. The van der Waals surface area contributed by atoms with Crippen LogP contribution in [0.25, 0.3) is 22.5 Å². The van der Waals surface area contributed by atoms with Crippen LogP contribution in [0.5, 0.6) is 0 Å². The first-order chi connectivity index (χ1) is 13.5. The number of furan rings is 1. The summed E-state index contributed by atoms with van der Waals surface area (Å²) in [6, 6.07) is 7.28. The van der Waals surface area contributed by atoms with Crippen molar-refractivity contribution in [1.29, 1.82) is 0 Å². The fraction of sp³-hybridized carbons (Fsp3) is 0.300. The lowest BCUT2D eigenvalue weighted by Gasteiger charge is -2.13. The summed E-state index contributed by atoms with van der Waals surface area (Å²) in [7, 11) is 1.82. The van der Waals surface area contributed by atoms with Gasteiger partial charge in [-0.15, -0.1) is 0 Å². The van der Waals surface area contributed by atoms with Gasteiger partial charge in [0, 0.05) is 32.5 Å². The molecular formula is C20H22N6O2. The largest absolute Gasteiger partial charge is 0.463 e. The normalized spacial score (nSPS) is 12.4. The van der Waals surface area contributed by atoms with Gasteiger partial charge in [-0.25, -0.2) is 4.98 Å². The molecular weight excluding hydrogens is 356 g/mol. The van der Waals surface area contributed by atoms with Crippen LogP contribution in [0.1, 0.15) is 23.0 Å². The maximum Gasteiger partial charge on any atom is 0.252 e. The average Bonchev–Trinajstić information content (AvgIpc) is 3.42. The van der Waals surface area contributed by atoms with E-state index < -0.39 is 0 Å². The van der Waals surface area contributed by atoms with Crippen LogP contribution >= 0.6 is 0 Å². The van der Waals surface area contributed by atoms with Gasteiger partial charge >= 0.3 is 0 Å². The molecule has 8 nitrogen and oxygen atoms in total. The molecule has 1 N–H and O–H groups in total. The quantitative estimate of drug-likeness (QED) is 0.557. The number of rotatable bonds is 6. The Morgan fingerprint density at radius 3 is 2.93 bits per heavy atom. The summed E-state index contributed by atoms with van der Waals surface area (Å²) in [6.45, 7) is 5.24. The van der Waals surface area contributed by atoms with Crippen molar-refractivity contribution in [3.05, 3.63) is 54.2 Å². The number of aryl methyl sites for hydroxylation is 2. The molecule has 8 heteroatoms. The SMILES string of the molecule is Cc1nn(C)c2nc(-c3ccco3)cc(C(=O)NCC(C)Cn3cccn3)c12. The molecule has 0 saturated heterocycles. The zero-order valence-corrected chi connectivity index (χ0v) is 16.1. The summed E-state index contributed by atoms with van der Waals surface area (Å²) in [5, 5.41) is 12.4. The predicted molar refractivity (Wildman–Crippen MR) is 105 cm³/mol. The van der Waals surface area contributed by atoms with Crippen LogP contribution in [0.4, 0.5) is 0 Å². The molecule has 1 unspecified atom stereocenters. The van der Waals surface area contributed by atoms with E-state index in [1.54, 1.807) is 29.3 Å². The van der Waals surface area contributed by atoms with Gasteiger partial charge in [-0.05, 0) is 37.1 Å². The molecule has 144 valence electrons. The second-order valence-electron chi connectivity index (χ2n) is 6.98. The van der Waals surface area contributed by atoms with Crippen LogP contribution in [0.2, 0.25) is 0 Å². The molecule has 0 bridgehead atoms. The average molecular weight is 378 g/mol. The maximum atomic E-state index is 13.0. The van der Waals surface area contributed by atoms with Gasteiger partial charge in [-0.3, -0.25) is 14.2 Å². The third-order valence-corrected chi connectivity index (χ3v) is 4.66. The third kappa shape index (κ3) is 3.40.